The first-order chi connectivity index (χ1) is 10.2. The molecule has 1 aromatic heterocycles. The molecular weight excluding hydrogens is 290 g/mol. The average Bonchev–Trinajstić information content (AvgIpc) is 2.98. The Hall–Kier alpha value is -2.21. The van der Waals surface area contributed by atoms with E-state index in [1.54, 1.807) is 33.5 Å². The fourth-order valence-electron chi connectivity index (χ4n) is 1.95. The van der Waals surface area contributed by atoms with Crippen molar-refractivity contribution in [2.24, 2.45) is 0 Å². The summed E-state index contributed by atoms with van der Waals surface area (Å²) in [6, 6.07) is 7.29. The third kappa shape index (κ3) is 3.66. The Balaban J connectivity index is 2.17. The molecule has 0 bridgehead atoms. The number of carbonyl (C=O) groups is 1. The summed E-state index contributed by atoms with van der Waals surface area (Å²) in [5.74, 6) is 1.50. The van der Waals surface area contributed by atoms with E-state index in [4.69, 9.17) is 14.2 Å². The molecule has 0 saturated heterocycles. The van der Waals surface area contributed by atoms with Gasteiger partial charge in [-0.3, -0.25) is 4.79 Å². The largest absolute Gasteiger partial charge is 0.493 e. The molecule has 0 radical (unpaired) electrons. The Labute approximate surface area is 127 Å². The molecule has 1 aromatic carbocycles. The predicted molar refractivity (Wildman–Crippen MR) is 82.8 cm³/mol. The minimum absolute atomic E-state index is 0.0910. The molecule has 1 heterocycles. The fraction of sp³-hybridized carbons (Fsp3) is 0.267. The number of hydrogen-bond donors (Lipinski definition) is 1. The number of carbonyl (C=O) groups excluding carboxylic acids is 1. The summed E-state index contributed by atoms with van der Waals surface area (Å²) in [6.07, 6.45) is 0.231. The average molecular weight is 307 g/mol. The van der Waals surface area contributed by atoms with Crippen LogP contribution in [0.2, 0.25) is 0 Å². The number of nitrogens with one attached hydrogen (secondary N) is 1. The fourth-order valence-corrected chi connectivity index (χ4v) is 2.59. The van der Waals surface area contributed by atoms with Crippen molar-refractivity contribution in [2.45, 2.75) is 6.42 Å². The summed E-state index contributed by atoms with van der Waals surface area (Å²) in [7, 11) is 4.64. The predicted octanol–water partition coefficient (Wildman–Crippen LogP) is 2.96. The summed E-state index contributed by atoms with van der Waals surface area (Å²) in [6.45, 7) is 0. The lowest BCUT2D eigenvalue weighted by atomic mass is 10.1. The van der Waals surface area contributed by atoms with Crippen LogP contribution in [0.3, 0.4) is 0 Å². The highest BCUT2D eigenvalue weighted by Gasteiger charge is 2.15. The Kier molecular flexibility index (Phi) is 5.05. The topological polar surface area (TPSA) is 56.8 Å². The Morgan fingerprint density at radius 3 is 2.29 bits per heavy atom. The second-order valence-electron chi connectivity index (χ2n) is 4.24. The first-order valence-electron chi connectivity index (χ1n) is 6.30. The number of methoxy groups -OCH3 is 3. The lowest BCUT2D eigenvalue weighted by molar-refractivity contribution is -0.115. The quantitative estimate of drug-likeness (QED) is 0.891. The van der Waals surface area contributed by atoms with Crippen molar-refractivity contribution < 1.29 is 19.0 Å². The van der Waals surface area contributed by atoms with E-state index in [1.165, 1.54) is 11.3 Å². The van der Waals surface area contributed by atoms with Crippen LogP contribution >= 0.6 is 11.3 Å². The van der Waals surface area contributed by atoms with E-state index in [0.717, 1.165) is 10.6 Å². The summed E-state index contributed by atoms with van der Waals surface area (Å²) >= 11 is 1.48. The van der Waals surface area contributed by atoms with Gasteiger partial charge in [0.2, 0.25) is 11.7 Å². The van der Waals surface area contributed by atoms with Gasteiger partial charge in [-0.05, 0) is 35.2 Å². The molecule has 0 aliphatic carbocycles. The Morgan fingerprint density at radius 1 is 1.14 bits per heavy atom. The SMILES string of the molecule is COc1cc(CC(=O)Nc2cccs2)cc(OC)c1OC. The number of ether oxygens (including phenoxy) is 3. The maximum atomic E-state index is 12.0. The number of anilines is 1. The number of thiophene rings is 1. The minimum Gasteiger partial charge on any atom is -0.493 e. The minimum atomic E-state index is -0.0910. The summed E-state index contributed by atoms with van der Waals surface area (Å²) in [5, 5.41) is 5.58. The van der Waals surface area contributed by atoms with Gasteiger partial charge in [0.25, 0.3) is 0 Å². The monoisotopic (exact) mass is 307 g/mol. The van der Waals surface area contributed by atoms with Crippen LogP contribution in [0.1, 0.15) is 5.56 Å². The summed E-state index contributed by atoms with van der Waals surface area (Å²) < 4.78 is 15.8. The van der Waals surface area contributed by atoms with Gasteiger partial charge in [-0.2, -0.15) is 0 Å². The molecule has 0 spiro atoms. The zero-order chi connectivity index (χ0) is 15.2. The van der Waals surface area contributed by atoms with Crippen molar-refractivity contribution in [2.75, 3.05) is 26.6 Å². The van der Waals surface area contributed by atoms with Crippen molar-refractivity contribution >= 4 is 22.2 Å². The first-order valence-corrected chi connectivity index (χ1v) is 7.18. The number of benzene rings is 1. The smallest absolute Gasteiger partial charge is 0.229 e. The molecule has 6 heteroatoms. The number of amides is 1. The molecule has 5 nitrogen and oxygen atoms in total. The third-order valence-electron chi connectivity index (χ3n) is 2.87. The second-order valence-corrected chi connectivity index (χ2v) is 5.18. The second kappa shape index (κ2) is 6.99. The van der Waals surface area contributed by atoms with Crippen LogP contribution in [0.25, 0.3) is 0 Å². The molecule has 1 amide bonds. The van der Waals surface area contributed by atoms with Crippen molar-refractivity contribution in [3.05, 3.63) is 35.2 Å². The molecule has 0 aliphatic rings. The van der Waals surface area contributed by atoms with E-state index in [0.29, 0.717) is 17.2 Å². The van der Waals surface area contributed by atoms with Gasteiger partial charge in [0.05, 0.1) is 32.8 Å². The zero-order valence-electron chi connectivity index (χ0n) is 12.1. The highest BCUT2D eigenvalue weighted by Crippen LogP contribution is 2.38. The molecule has 2 aromatic rings. The number of hydrogen-bond acceptors (Lipinski definition) is 5. The summed E-state index contributed by atoms with van der Waals surface area (Å²) in [4.78, 5) is 12.0. The molecule has 0 unspecified atom stereocenters. The van der Waals surface area contributed by atoms with Crippen LogP contribution in [0.4, 0.5) is 5.00 Å². The van der Waals surface area contributed by atoms with Gasteiger partial charge in [-0.15, -0.1) is 11.3 Å². The van der Waals surface area contributed by atoms with Gasteiger partial charge in [0.1, 0.15) is 0 Å². The molecule has 1 N–H and O–H groups in total. The van der Waals surface area contributed by atoms with Gasteiger partial charge >= 0.3 is 0 Å². The van der Waals surface area contributed by atoms with Crippen molar-refractivity contribution in [3.8, 4) is 17.2 Å². The van der Waals surface area contributed by atoms with E-state index in [1.807, 2.05) is 17.5 Å². The standard InChI is InChI=1S/C15H17NO4S/c1-18-11-7-10(8-12(19-2)15(11)20-3)9-13(17)16-14-5-4-6-21-14/h4-8H,9H2,1-3H3,(H,16,17). The van der Waals surface area contributed by atoms with Crippen molar-refractivity contribution in [1.29, 1.82) is 0 Å². The molecular formula is C15H17NO4S. The van der Waals surface area contributed by atoms with Gasteiger partial charge in [0.15, 0.2) is 11.5 Å². The lowest BCUT2D eigenvalue weighted by Gasteiger charge is -2.14. The molecule has 0 fully saturated rings. The van der Waals surface area contributed by atoms with Crippen LogP contribution in [-0.2, 0) is 11.2 Å². The molecule has 0 aliphatic heterocycles. The molecule has 21 heavy (non-hydrogen) atoms. The van der Waals surface area contributed by atoms with Crippen LogP contribution in [-0.4, -0.2) is 27.2 Å². The van der Waals surface area contributed by atoms with Crippen molar-refractivity contribution in [3.63, 3.8) is 0 Å². The van der Waals surface area contributed by atoms with Gasteiger partial charge in [-0.1, -0.05) is 0 Å². The van der Waals surface area contributed by atoms with Crippen LogP contribution < -0.4 is 19.5 Å². The molecule has 0 atom stereocenters. The van der Waals surface area contributed by atoms with Gasteiger partial charge in [0, 0.05) is 0 Å². The molecule has 0 saturated carbocycles. The van der Waals surface area contributed by atoms with E-state index in [-0.39, 0.29) is 12.3 Å². The highest BCUT2D eigenvalue weighted by atomic mass is 32.1. The number of rotatable bonds is 6. The van der Waals surface area contributed by atoms with Crippen molar-refractivity contribution in [1.82, 2.24) is 0 Å². The zero-order valence-corrected chi connectivity index (χ0v) is 13.0. The Morgan fingerprint density at radius 2 is 1.81 bits per heavy atom. The van der Waals surface area contributed by atoms with Crippen LogP contribution in [0.15, 0.2) is 29.6 Å². The van der Waals surface area contributed by atoms with E-state index >= 15 is 0 Å². The van der Waals surface area contributed by atoms with Crippen LogP contribution in [0, 0.1) is 0 Å². The molecule has 112 valence electrons. The maximum Gasteiger partial charge on any atom is 0.229 e. The van der Waals surface area contributed by atoms with E-state index in [2.05, 4.69) is 5.32 Å². The maximum absolute atomic E-state index is 12.0. The summed E-state index contributed by atoms with van der Waals surface area (Å²) in [5.41, 5.74) is 0.790. The highest BCUT2D eigenvalue weighted by molar-refractivity contribution is 7.14. The Bertz CT molecular complexity index is 585. The van der Waals surface area contributed by atoms with Gasteiger partial charge in [-0.25, -0.2) is 0 Å². The third-order valence-corrected chi connectivity index (χ3v) is 3.66. The van der Waals surface area contributed by atoms with Gasteiger partial charge < -0.3 is 19.5 Å². The first kappa shape index (κ1) is 15.2. The van der Waals surface area contributed by atoms with E-state index in [9.17, 15) is 4.79 Å². The normalized spacial score (nSPS) is 10.0. The lowest BCUT2D eigenvalue weighted by Crippen LogP contribution is -2.13. The van der Waals surface area contributed by atoms with E-state index < -0.39 is 0 Å². The molecule has 2 rings (SSSR count). The van der Waals surface area contributed by atoms with Crippen LogP contribution in [0.5, 0.6) is 17.2 Å².